The van der Waals surface area contributed by atoms with Crippen molar-refractivity contribution in [3.8, 4) is 22.6 Å². The average molecular weight is 546 g/mol. The molecular formula is C34H31N3O4. The fraction of sp³-hybridized carbons (Fsp3) is 0.147. The van der Waals surface area contributed by atoms with Crippen molar-refractivity contribution >= 4 is 29.0 Å². The van der Waals surface area contributed by atoms with Crippen LogP contribution in [-0.4, -0.2) is 29.7 Å². The Kier molecular flexibility index (Phi) is 7.97. The fourth-order valence-electron chi connectivity index (χ4n) is 4.84. The molecule has 0 saturated carbocycles. The second-order valence-corrected chi connectivity index (χ2v) is 9.84. The van der Waals surface area contributed by atoms with Crippen molar-refractivity contribution < 1.29 is 19.1 Å². The van der Waals surface area contributed by atoms with Gasteiger partial charge in [-0.15, -0.1) is 0 Å². The summed E-state index contributed by atoms with van der Waals surface area (Å²) in [6, 6.07) is 26.3. The Morgan fingerprint density at radius 2 is 1.68 bits per heavy atom. The lowest BCUT2D eigenvalue weighted by Crippen LogP contribution is -2.19. The Hall–Kier alpha value is -5.17. The zero-order valence-electron chi connectivity index (χ0n) is 23.4. The van der Waals surface area contributed by atoms with E-state index in [1.54, 1.807) is 30.3 Å². The van der Waals surface area contributed by atoms with Gasteiger partial charge in [0.2, 0.25) is 0 Å². The van der Waals surface area contributed by atoms with E-state index in [0.29, 0.717) is 34.9 Å². The number of hydrazone groups is 1. The molecule has 1 aromatic heterocycles. The van der Waals surface area contributed by atoms with Gasteiger partial charge in [0.25, 0.3) is 5.91 Å². The Labute approximate surface area is 238 Å². The summed E-state index contributed by atoms with van der Waals surface area (Å²) >= 11 is 0. The van der Waals surface area contributed by atoms with Crippen molar-refractivity contribution in [2.45, 2.75) is 27.7 Å². The summed E-state index contributed by atoms with van der Waals surface area (Å²) < 4.78 is 11.3. The van der Waals surface area contributed by atoms with E-state index in [-0.39, 0.29) is 5.91 Å². The number of esters is 1. The molecule has 0 atom stereocenters. The maximum absolute atomic E-state index is 13.4. The lowest BCUT2D eigenvalue weighted by atomic mass is 9.99. The van der Waals surface area contributed by atoms with E-state index in [2.05, 4.69) is 27.6 Å². The number of aromatic nitrogens is 1. The number of carbonyl (C=O) groups is 2. The molecular weight excluding hydrogens is 514 g/mol. The summed E-state index contributed by atoms with van der Waals surface area (Å²) in [7, 11) is 0. The van der Waals surface area contributed by atoms with Gasteiger partial charge in [0.15, 0.2) is 11.5 Å². The minimum atomic E-state index is -0.471. The number of benzene rings is 4. The van der Waals surface area contributed by atoms with Crippen LogP contribution in [0.15, 0.2) is 90.0 Å². The molecule has 1 amide bonds. The zero-order valence-corrected chi connectivity index (χ0v) is 23.4. The van der Waals surface area contributed by atoms with Crippen molar-refractivity contribution in [3.05, 3.63) is 118 Å². The maximum Gasteiger partial charge on any atom is 0.343 e. The molecule has 0 saturated heterocycles. The Morgan fingerprint density at radius 1 is 0.878 bits per heavy atom. The number of hydrogen-bond acceptors (Lipinski definition) is 5. The highest BCUT2D eigenvalue weighted by atomic mass is 16.6. The quantitative estimate of drug-likeness (QED) is 0.0938. The number of hydrogen-bond donors (Lipinski definition) is 2. The van der Waals surface area contributed by atoms with Crippen LogP contribution in [0.1, 0.15) is 50.0 Å². The third kappa shape index (κ3) is 6.04. The summed E-state index contributed by atoms with van der Waals surface area (Å²) in [4.78, 5) is 29.3. The lowest BCUT2D eigenvalue weighted by Gasteiger charge is -2.11. The topological polar surface area (TPSA) is 92.8 Å². The first-order valence-electron chi connectivity index (χ1n) is 13.4. The van der Waals surface area contributed by atoms with Crippen molar-refractivity contribution in [1.82, 2.24) is 10.4 Å². The van der Waals surface area contributed by atoms with Gasteiger partial charge in [-0.2, -0.15) is 5.10 Å². The van der Waals surface area contributed by atoms with Crippen LogP contribution in [0.3, 0.4) is 0 Å². The highest BCUT2D eigenvalue weighted by Crippen LogP contribution is 2.35. The van der Waals surface area contributed by atoms with E-state index in [9.17, 15) is 9.59 Å². The average Bonchev–Trinajstić information content (AvgIpc) is 3.35. The predicted molar refractivity (Wildman–Crippen MR) is 162 cm³/mol. The molecule has 0 aliphatic rings. The highest BCUT2D eigenvalue weighted by molar-refractivity contribution is 6.10. The van der Waals surface area contributed by atoms with Gasteiger partial charge in [-0.3, -0.25) is 4.79 Å². The van der Waals surface area contributed by atoms with Gasteiger partial charge in [-0.25, -0.2) is 10.2 Å². The van der Waals surface area contributed by atoms with Crippen LogP contribution in [-0.2, 0) is 0 Å². The number of nitrogens with one attached hydrogen (secondary N) is 2. The van der Waals surface area contributed by atoms with Gasteiger partial charge in [0.1, 0.15) is 5.69 Å². The van der Waals surface area contributed by atoms with Crippen molar-refractivity contribution in [2.24, 2.45) is 5.10 Å². The molecule has 5 rings (SSSR count). The number of aryl methyl sites for hydroxylation is 3. The van der Waals surface area contributed by atoms with Crippen LogP contribution in [0.4, 0.5) is 0 Å². The van der Waals surface area contributed by atoms with Gasteiger partial charge >= 0.3 is 5.97 Å². The number of aromatic amines is 1. The van der Waals surface area contributed by atoms with E-state index in [1.807, 2.05) is 70.2 Å². The molecule has 2 N–H and O–H groups in total. The minimum absolute atomic E-state index is 0.302. The fourth-order valence-corrected chi connectivity index (χ4v) is 4.84. The molecule has 0 fully saturated rings. The zero-order chi connectivity index (χ0) is 28.9. The standard InChI is InChI=1S/C34H31N3O4/c1-5-40-29-19-24(14-15-28(29)41-34(39)26-13-9-10-21(2)17-26)20-35-37-33(38)32-30(25-11-7-6-8-12-25)27-18-22(3)16-23(4)31(27)36-32/h6-20,36H,5H2,1-4H3,(H,37,38). The predicted octanol–water partition coefficient (Wildman–Crippen LogP) is 7.14. The van der Waals surface area contributed by atoms with E-state index < -0.39 is 5.97 Å². The number of amides is 1. The van der Waals surface area contributed by atoms with Crippen LogP contribution < -0.4 is 14.9 Å². The molecule has 4 aromatic carbocycles. The first kappa shape index (κ1) is 27.4. The van der Waals surface area contributed by atoms with Gasteiger partial charge in [0.05, 0.1) is 18.4 Å². The van der Waals surface area contributed by atoms with Crippen LogP contribution >= 0.6 is 0 Å². The molecule has 0 spiro atoms. The third-order valence-electron chi connectivity index (χ3n) is 6.64. The molecule has 5 aromatic rings. The largest absolute Gasteiger partial charge is 0.490 e. The second kappa shape index (κ2) is 11.9. The first-order valence-corrected chi connectivity index (χ1v) is 13.4. The van der Waals surface area contributed by atoms with Gasteiger partial charge in [-0.05, 0) is 80.8 Å². The molecule has 7 heteroatoms. The number of ether oxygens (including phenoxy) is 2. The molecule has 0 unspecified atom stereocenters. The molecule has 0 aliphatic heterocycles. The van der Waals surface area contributed by atoms with Gasteiger partial charge < -0.3 is 14.5 Å². The monoisotopic (exact) mass is 545 g/mol. The van der Waals surface area contributed by atoms with Crippen molar-refractivity contribution in [2.75, 3.05) is 6.61 Å². The summed E-state index contributed by atoms with van der Waals surface area (Å²) in [5, 5.41) is 5.19. The number of nitrogens with zero attached hydrogens (tertiary/aromatic N) is 1. The van der Waals surface area contributed by atoms with Gasteiger partial charge in [-0.1, -0.05) is 59.7 Å². The summed E-state index contributed by atoms with van der Waals surface area (Å²) in [5.74, 6) is -0.129. The highest BCUT2D eigenvalue weighted by Gasteiger charge is 2.20. The molecule has 0 aliphatic carbocycles. The van der Waals surface area contributed by atoms with Crippen LogP contribution in [0.2, 0.25) is 0 Å². The van der Waals surface area contributed by atoms with E-state index in [4.69, 9.17) is 9.47 Å². The molecule has 1 heterocycles. The SMILES string of the molecule is CCOc1cc(C=NNC(=O)c2[nH]c3c(C)cc(C)cc3c2-c2ccccc2)ccc1OC(=O)c1cccc(C)c1. The van der Waals surface area contributed by atoms with Gasteiger partial charge in [0, 0.05) is 16.5 Å². The van der Waals surface area contributed by atoms with E-state index in [0.717, 1.165) is 38.7 Å². The van der Waals surface area contributed by atoms with Crippen LogP contribution in [0.5, 0.6) is 11.5 Å². The number of rotatable bonds is 8. The lowest BCUT2D eigenvalue weighted by molar-refractivity contribution is 0.0728. The normalized spacial score (nSPS) is 11.1. The van der Waals surface area contributed by atoms with Crippen LogP contribution in [0, 0.1) is 20.8 Å². The molecule has 41 heavy (non-hydrogen) atoms. The molecule has 0 bridgehead atoms. The summed E-state index contributed by atoms with van der Waals surface area (Å²) in [5.41, 5.74) is 10.0. The van der Waals surface area contributed by atoms with Crippen LogP contribution in [0.25, 0.3) is 22.0 Å². The number of fused-ring (bicyclic) bond motifs is 1. The summed E-state index contributed by atoms with van der Waals surface area (Å²) in [6.07, 6.45) is 1.52. The maximum atomic E-state index is 13.4. The second-order valence-electron chi connectivity index (χ2n) is 9.84. The third-order valence-corrected chi connectivity index (χ3v) is 6.64. The van der Waals surface area contributed by atoms with Crippen molar-refractivity contribution in [3.63, 3.8) is 0 Å². The molecule has 0 radical (unpaired) electrons. The van der Waals surface area contributed by atoms with E-state index in [1.165, 1.54) is 6.21 Å². The minimum Gasteiger partial charge on any atom is -0.490 e. The smallest absolute Gasteiger partial charge is 0.343 e. The number of H-pyrrole nitrogens is 1. The Morgan fingerprint density at radius 3 is 2.44 bits per heavy atom. The first-order chi connectivity index (χ1) is 19.8. The Balaban J connectivity index is 1.38. The molecule has 7 nitrogen and oxygen atoms in total. The molecule has 206 valence electrons. The van der Waals surface area contributed by atoms with Crippen molar-refractivity contribution in [1.29, 1.82) is 0 Å². The Bertz CT molecular complexity index is 1770. The van der Waals surface area contributed by atoms with E-state index >= 15 is 0 Å². The number of carbonyl (C=O) groups excluding carboxylic acids is 2. The summed E-state index contributed by atoms with van der Waals surface area (Å²) in [6.45, 7) is 8.22.